The number of phenolic OH excluding ortho intramolecular Hbond substituents is 1. The first kappa shape index (κ1) is 22.4. The van der Waals surface area contributed by atoms with Crippen LogP contribution in [0.15, 0.2) is 72.8 Å². The summed E-state index contributed by atoms with van der Waals surface area (Å²) >= 11 is 0. The molecule has 1 heterocycles. The number of rotatable bonds is 8. The predicted octanol–water partition coefficient (Wildman–Crippen LogP) is 4.13. The number of aromatic nitrogens is 2. The number of aromatic amines is 1. The van der Waals surface area contributed by atoms with Gasteiger partial charge < -0.3 is 26.8 Å². The summed E-state index contributed by atoms with van der Waals surface area (Å²) in [5.74, 6) is -0.0168. The largest absolute Gasteiger partial charge is 0.508 e. The molecule has 9 heteroatoms. The standard InChI is InChI=1S/C25H24N6O3/c1-15-2-6-17(7-3-15)25(34)29-19-10-8-18(9-11-19)28-24-21(22(26)33)23(30-31-24)27-14-16-4-12-20(32)13-5-16/h2-13,32H,14H2,1H3,(H2,26,33)(H,29,34)(H3,27,28,30,31). The second kappa shape index (κ2) is 9.78. The fourth-order valence-electron chi connectivity index (χ4n) is 3.29. The van der Waals surface area contributed by atoms with E-state index in [9.17, 15) is 14.7 Å². The smallest absolute Gasteiger partial charge is 0.256 e. The Bertz CT molecular complexity index is 1300. The van der Waals surface area contributed by atoms with Gasteiger partial charge in [-0.3, -0.25) is 14.7 Å². The average molecular weight is 457 g/mol. The summed E-state index contributed by atoms with van der Waals surface area (Å²) in [4.78, 5) is 24.5. The molecule has 3 aromatic carbocycles. The number of hydrogen-bond acceptors (Lipinski definition) is 6. The van der Waals surface area contributed by atoms with Crippen LogP contribution in [0.5, 0.6) is 5.75 Å². The van der Waals surface area contributed by atoms with Gasteiger partial charge in [0.1, 0.15) is 17.1 Å². The molecule has 0 fully saturated rings. The molecule has 0 aliphatic heterocycles. The lowest BCUT2D eigenvalue weighted by atomic mass is 10.1. The number of carbonyl (C=O) groups excluding carboxylic acids is 2. The number of anilines is 4. The minimum Gasteiger partial charge on any atom is -0.508 e. The van der Waals surface area contributed by atoms with Gasteiger partial charge in [0.25, 0.3) is 11.8 Å². The molecule has 34 heavy (non-hydrogen) atoms. The summed E-state index contributed by atoms with van der Waals surface area (Å²) in [6, 6.07) is 21.0. The SMILES string of the molecule is Cc1ccc(C(=O)Nc2ccc(Nc3[nH]nc(NCc4ccc(O)cc4)c3C(N)=O)cc2)cc1. The fraction of sp³-hybridized carbons (Fsp3) is 0.0800. The molecule has 2 amide bonds. The van der Waals surface area contributed by atoms with Gasteiger partial charge in [-0.15, -0.1) is 0 Å². The van der Waals surface area contributed by atoms with Crippen LogP contribution in [0.1, 0.15) is 31.8 Å². The van der Waals surface area contributed by atoms with Crippen LogP contribution >= 0.6 is 0 Å². The van der Waals surface area contributed by atoms with Gasteiger partial charge in [0.15, 0.2) is 5.82 Å². The number of H-pyrrole nitrogens is 1. The number of hydrogen-bond donors (Lipinski definition) is 6. The molecule has 0 atom stereocenters. The van der Waals surface area contributed by atoms with Crippen LogP contribution in [0.4, 0.5) is 23.0 Å². The molecule has 0 saturated carbocycles. The number of nitrogens with zero attached hydrogens (tertiary/aromatic N) is 1. The molecule has 7 N–H and O–H groups in total. The Morgan fingerprint density at radius 3 is 2.24 bits per heavy atom. The van der Waals surface area contributed by atoms with Crippen molar-refractivity contribution in [3.8, 4) is 5.75 Å². The molecule has 4 rings (SSSR count). The highest BCUT2D eigenvalue weighted by molar-refractivity contribution is 6.04. The molecule has 0 unspecified atom stereocenters. The van der Waals surface area contributed by atoms with Gasteiger partial charge in [0.2, 0.25) is 0 Å². The molecule has 1 aromatic heterocycles. The average Bonchev–Trinajstić information content (AvgIpc) is 3.23. The molecule has 9 nitrogen and oxygen atoms in total. The van der Waals surface area contributed by atoms with Crippen LogP contribution in [-0.2, 0) is 6.54 Å². The summed E-state index contributed by atoms with van der Waals surface area (Å²) in [6.07, 6.45) is 0. The zero-order valence-electron chi connectivity index (χ0n) is 18.4. The Labute approximate surface area is 196 Å². The van der Waals surface area contributed by atoms with Crippen molar-refractivity contribution in [3.63, 3.8) is 0 Å². The number of amides is 2. The van der Waals surface area contributed by atoms with Gasteiger partial charge in [-0.05, 0) is 61.0 Å². The Balaban J connectivity index is 1.42. The van der Waals surface area contributed by atoms with Crippen molar-refractivity contribution in [1.82, 2.24) is 10.2 Å². The third-order valence-electron chi connectivity index (χ3n) is 5.13. The van der Waals surface area contributed by atoms with Gasteiger partial charge in [0.05, 0.1) is 0 Å². The van der Waals surface area contributed by atoms with Crippen LogP contribution in [0.3, 0.4) is 0 Å². The van der Waals surface area contributed by atoms with E-state index in [4.69, 9.17) is 5.73 Å². The second-order valence-corrected chi connectivity index (χ2v) is 7.73. The molecular formula is C25H24N6O3. The van der Waals surface area contributed by atoms with Gasteiger partial charge in [-0.1, -0.05) is 29.8 Å². The molecule has 0 saturated heterocycles. The van der Waals surface area contributed by atoms with Crippen molar-refractivity contribution in [2.45, 2.75) is 13.5 Å². The lowest BCUT2D eigenvalue weighted by molar-refractivity contribution is 0.0999. The fourth-order valence-corrected chi connectivity index (χ4v) is 3.29. The van der Waals surface area contributed by atoms with Gasteiger partial charge in [-0.2, -0.15) is 5.10 Å². The van der Waals surface area contributed by atoms with E-state index >= 15 is 0 Å². The van der Waals surface area contributed by atoms with Crippen molar-refractivity contribution in [2.24, 2.45) is 5.73 Å². The summed E-state index contributed by atoms with van der Waals surface area (Å²) < 4.78 is 0. The minimum absolute atomic E-state index is 0.175. The summed E-state index contributed by atoms with van der Waals surface area (Å²) in [5, 5.41) is 25.4. The zero-order chi connectivity index (χ0) is 24.1. The van der Waals surface area contributed by atoms with Crippen LogP contribution in [-0.4, -0.2) is 27.1 Å². The monoisotopic (exact) mass is 456 g/mol. The topological polar surface area (TPSA) is 145 Å². The lowest BCUT2D eigenvalue weighted by Crippen LogP contribution is -2.15. The number of carbonyl (C=O) groups is 2. The minimum atomic E-state index is -0.647. The summed E-state index contributed by atoms with van der Waals surface area (Å²) in [5.41, 5.74) is 9.63. The maximum absolute atomic E-state index is 12.4. The first-order chi connectivity index (χ1) is 16.4. The maximum Gasteiger partial charge on any atom is 0.256 e. The molecule has 172 valence electrons. The number of benzene rings is 3. The van der Waals surface area contributed by atoms with Crippen LogP contribution in [0.25, 0.3) is 0 Å². The molecule has 0 aliphatic carbocycles. The van der Waals surface area contributed by atoms with Gasteiger partial charge >= 0.3 is 0 Å². The highest BCUT2D eigenvalue weighted by atomic mass is 16.3. The lowest BCUT2D eigenvalue weighted by Gasteiger charge is -2.09. The number of nitrogens with one attached hydrogen (secondary N) is 4. The molecule has 4 aromatic rings. The highest BCUT2D eigenvalue weighted by Gasteiger charge is 2.18. The molecular weight excluding hydrogens is 432 g/mol. The zero-order valence-corrected chi connectivity index (χ0v) is 18.4. The van der Waals surface area contributed by atoms with Crippen molar-refractivity contribution in [3.05, 3.63) is 95.1 Å². The van der Waals surface area contributed by atoms with E-state index < -0.39 is 5.91 Å². The number of primary amides is 1. The number of phenols is 1. The van der Waals surface area contributed by atoms with Crippen LogP contribution < -0.4 is 21.7 Å². The van der Waals surface area contributed by atoms with Crippen LogP contribution in [0, 0.1) is 6.92 Å². The maximum atomic E-state index is 12.4. The Morgan fingerprint density at radius 2 is 1.59 bits per heavy atom. The van der Waals surface area contributed by atoms with E-state index in [2.05, 4.69) is 26.1 Å². The third-order valence-corrected chi connectivity index (χ3v) is 5.13. The van der Waals surface area contributed by atoms with Crippen molar-refractivity contribution >= 4 is 34.8 Å². The highest BCUT2D eigenvalue weighted by Crippen LogP contribution is 2.26. The van der Waals surface area contributed by atoms with E-state index in [-0.39, 0.29) is 17.2 Å². The van der Waals surface area contributed by atoms with E-state index in [1.807, 2.05) is 19.1 Å². The number of aromatic hydroxyl groups is 1. The van der Waals surface area contributed by atoms with E-state index in [1.165, 1.54) is 0 Å². The number of aryl methyl sites for hydroxylation is 1. The van der Waals surface area contributed by atoms with Crippen molar-refractivity contribution in [1.29, 1.82) is 0 Å². The Hall–Kier alpha value is -4.79. The predicted molar refractivity (Wildman–Crippen MR) is 131 cm³/mol. The molecule has 0 bridgehead atoms. The summed E-state index contributed by atoms with van der Waals surface area (Å²) in [6.45, 7) is 2.35. The Kier molecular flexibility index (Phi) is 6.45. The van der Waals surface area contributed by atoms with E-state index in [0.717, 1.165) is 11.1 Å². The summed E-state index contributed by atoms with van der Waals surface area (Å²) in [7, 11) is 0. The second-order valence-electron chi connectivity index (χ2n) is 7.73. The van der Waals surface area contributed by atoms with Crippen LogP contribution in [0.2, 0.25) is 0 Å². The molecule has 0 radical (unpaired) electrons. The van der Waals surface area contributed by atoms with E-state index in [1.54, 1.807) is 60.7 Å². The van der Waals surface area contributed by atoms with Gasteiger partial charge in [-0.25, -0.2) is 0 Å². The van der Waals surface area contributed by atoms with Crippen molar-refractivity contribution < 1.29 is 14.7 Å². The first-order valence-corrected chi connectivity index (χ1v) is 10.5. The Morgan fingerprint density at radius 1 is 0.941 bits per heavy atom. The normalized spacial score (nSPS) is 10.5. The third kappa shape index (κ3) is 5.33. The van der Waals surface area contributed by atoms with E-state index in [0.29, 0.717) is 35.1 Å². The van der Waals surface area contributed by atoms with Gasteiger partial charge in [0, 0.05) is 23.5 Å². The quantitative estimate of drug-likeness (QED) is 0.235. The first-order valence-electron chi connectivity index (χ1n) is 10.5. The van der Waals surface area contributed by atoms with Crippen molar-refractivity contribution in [2.75, 3.05) is 16.0 Å². The molecule has 0 spiro atoms. The molecule has 0 aliphatic rings. The number of nitrogens with two attached hydrogens (primary N) is 1.